The number of carbonyl (C=O) groups excluding carboxylic acids is 2. The fourth-order valence-electron chi connectivity index (χ4n) is 4.30. The Labute approximate surface area is 154 Å². The normalized spacial score (nSPS) is 23.9. The minimum Gasteiger partial charge on any atom is -0.481 e. The molecule has 26 heavy (non-hydrogen) atoms. The molecule has 2 amide bonds. The van der Waals surface area contributed by atoms with Crippen molar-refractivity contribution in [2.75, 3.05) is 7.11 Å². The van der Waals surface area contributed by atoms with Gasteiger partial charge in [-0.05, 0) is 30.7 Å². The van der Waals surface area contributed by atoms with Crippen LogP contribution in [0, 0.1) is 11.3 Å². The lowest BCUT2D eigenvalue weighted by atomic mass is 10.1. The maximum Gasteiger partial charge on any atom is 0.256 e. The Bertz CT molecular complexity index is 753. The highest BCUT2D eigenvalue weighted by Crippen LogP contribution is 2.51. The van der Waals surface area contributed by atoms with Crippen LogP contribution in [0.15, 0.2) is 6.07 Å². The average Bonchev–Trinajstić information content (AvgIpc) is 2.97. The van der Waals surface area contributed by atoms with Crippen molar-refractivity contribution in [2.45, 2.75) is 65.1 Å². The summed E-state index contributed by atoms with van der Waals surface area (Å²) < 4.78 is 5.42. The molecule has 2 fully saturated rings. The summed E-state index contributed by atoms with van der Waals surface area (Å²) in [4.78, 5) is 31.6. The Morgan fingerprint density at radius 3 is 2.69 bits per heavy atom. The minimum absolute atomic E-state index is 0.0662. The summed E-state index contributed by atoms with van der Waals surface area (Å²) in [5.74, 6) is 0.713. The molecule has 4 rings (SSSR count). The van der Waals surface area contributed by atoms with Crippen molar-refractivity contribution < 1.29 is 14.3 Å². The van der Waals surface area contributed by atoms with Crippen molar-refractivity contribution in [1.29, 1.82) is 0 Å². The zero-order valence-corrected chi connectivity index (χ0v) is 15.8. The Balaban J connectivity index is 1.50. The number of amides is 2. The van der Waals surface area contributed by atoms with Crippen LogP contribution in [0.4, 0.5) is 0 Å². The van der Waals surface area contributed by atoms with Crippen LogP contribution < -0.4 is 10.1 Å². The quantitative estimate of drug-likeness (QED) is 0.879. The number of nitrogens with zero attached hydrogens (tertiary/aromatic N) is 2. The van der Waals surface area contributed by atoms with Crippen LogP contribution in [-0.4, -0.2) is 34.8 Å². The zero-order chi connectivity index (χ0) is 18.5. The Kier molecular flexibility index (Phi) is 4.16. The van der Waals surface area contributed by atoms with Gasteiger partial charge in [-0.15, -0.1) is 0 Å². The first-order valence-corrected chi connectivity index (χ1v) is 9.56. The number of pyridine rings is 1. The van der Waals surface area contributed by atoms with E-state index >= 15 is 0 Å². The highest BCUT2D eigenvalue weighted by molar-refractivity contribution is 5.98. The molecule has 1 aromatic heterocycles. The highest BCUT2D eigenvalue weighted by atomic mass is 16.5. The van der Waals surface area contributed by atoms with Gasteiger partial charge in [0.1, 0.15) is 0 Å². The Hall–Kier alpha value is -2.11. The molecule has 0 saturated heterocycles. The molecule has 0 unspecified atom stereocenters. The van der Waals surface area contributed by atoms with Crippen LogP contribution in [-0.2, 0) is 17.9 Å². The van der Waals surface area contributed by atoms with Crippen molar-refractivity contribution in [1.82, 2.24) is 15.2 Å². The second-order valence-electron chi connectivity index (χ2n) is 8.49. The summed E-state index contributed by atoms with van der Waals surface area (Å²) in [6.45, 7) is 5.11. The lowest BCUT2D eigenvalue weighted by Gasteiger charge is -2.22. The molecule has 0 radical (unpaired) electrons. The molecular formula is C20H27N3O3. The van der Waals surface area contributed by atoms with Gasteiger partial charge in [0.25, 0.3) is 5.91 Å². The maximum absolute atomic E-state index is 12.8. The number of carbonyl (C=O) groups is 2. The fourth-order valence-corrected chi connectivity index (χ4v) is 4.30. The first kappa shape index (κ1) is 17.3. The van der Waals surface area contributed by atoms with Gasteiger partial charge in [-0.1, -0.05) is 26.7 Å². The van der Waals surface area contributed by atoms with Crippen LogP contribution in [0.3, 0.4) is 0 Å². The number of nitrogens with one attached hydrogen (secondary N) is 1. The lowest BCUT2D eigenvalue weighted by molar-refractivity contribution is -0.123. The smallest absolute Gasteiger partial charge is 0.256 e. The van der Waals surface area contributed by atoms with Gasteiger partial charge < -0.3 is 15.0 Å². The second-order valence-corrected chi connectivity index (χ2v) is 8.49. The number of aromatic nitrogens is 1. The van der Waals surface area contributed by atoms with E-state index < -0.39 is 0 Å². The maximum atomic E-state index is 12.8. The molecule has 2 saturated carbocycles. The fraction of sp³-hybridized carbons (Fsp3) is 0.650. The zero-order valence-electron chi connectivity index (χ0n) is 15.8. The summed E-state index contributed by atoms with van der Waals surface area (Å²) in [6, 6.07) is 2.19. The van der Waals surface area contributed by atoms with E-state index in [0.29, 0.717) is 30.6 Å². The van der Waals surface area contributed by atoms with Gasteiger partial charge in [0, 0.05) is 24.1 Å². The molecule has 2 heterocycles. The Morgan fingerprint density at radius 2 is 2.08 bits per heavy atom. The molecular weight excluding hydrogens is 330 g/mol. The number of hydrogen-bond acceptors (Lipinski definition) is 4. The van der Waals surface area contributed by atoms with Crippen LogP contribution in [0.5, 0.6) is 5.88 Å². The molecule has 0 bridgehead atoms. The molecule has 1 aliphatic heterocycles. The number of fused-ring (bicyclic) bond motifs is 1. The first-order chi connectivity index (χ1) is 12.4. The minimum atomic E-state index is 0.0662. The van der Waals surface area contributed by atoms with Gasteiger partial charge >= 0.3 is 0 Å². The monoisotopic (exact) mass is 357 g/mol. The average molecular weight is 357 g/mol. The van der Waals surface area contributed by atoms with Crippen LogP contribution in [0.2, 0.25) is 0 Å². The standard InChI is InChI=1S/C20H27N3O3/c1-20(2)9-15(20)17(24)21-10-12-8-14-16(22-18(12)26-3)11-23(19(14)25)13-6-4-5-7-13/h8,13,15H,4-7,9-11H2,1-3H3,(H,21,24)/t15-/m0/s1. The van der Waals surface area contributed by atoms with E-state index in [1.54, 1.807) is 7.11 Å². The van der Waals surface area contributed by atoms with Crippen molar-refractivity contribution in [2.24, 2.45) is 11.3 Å². The molecule has 140 valence electrons. The molecule has 3 aliphatic rings. The third-order valence-corrected chi connectivity index (χ3v) is 6.19. The summed E-state index contributed by atoms with van der Waals surface area (Å²) >= 11 is 0. The summed E-state index contributed by atoms with van der Waals surface area (Å²) in [6.07, 6.45) is 5.47. The van der Waals surface area contributed by atoms with Crippen molar-refractivity contribution in [3.05, 3.63) is 22.9 Å². The second kappa shape index (κ2) is 6.25. The van der Waals surface area contributed by atoms with Gasteiger partial charge in [-0.3, -0.25) is 9.59 Å². The van der Waals surface area contributed by atoms with Crippen molar-refractivity contribution >= 4 is 11.8 Å². The van der Waals surface area contributed by atoms with E-state index in [9.17, 15) is 9.59 Å². The molecule has 1 aromatic rings. The molecule has 2 aliphatic carbocycles. The first-order valence-electron chi connectivity index (χ1n) is 9.56. The third kappa shape index (κ3) is 2.95. The number of methoxy groups -OCH3 is 1. The summed E-state index contributed by atoms with van der Waals surface area (Å²) in [5, 5.41) is 2.98. The van der Waals surface area contributed by atoms with E-state index in [0.717, 1.165) is 30.5 Å². The predicted molar refractivity (Wildman–Crippen MR) is 96.7 cm³/mol. The van der Waals surface area contributed by atoms with Gasteiger partial charge in [0.05, 0.1) is 24.9 Å². The topological polar surface area (TPSA) is 71.5 Å². The number of ether oxygens (including phenoxy) is 1. The molecule has 0 aromatic carbocycles. The number of hydrogen-bond donors (Lipinski definition) is 1. The van der Waals surface area contributed by atoms with Gasteiger partial charge in [-0.2, -0.15) is 0 Å². The molecule has 1 atom stereocenters. The van der Waals surface area contributed by atoms with E-state index in [4.69, 9.17) is 4.74 Å². The number of rotatable bonds is 5. The van der Waals surface area contributed by atoms with E-state index in [2.05, 4.69) is 24.1 Å². The summed E-state index contributed by atoms with van der Waals surface area (Å²) in [7, 11) is 1.58. The van der Waals surface area contributed by atoms with Crippen molar-refractivity contribution in [3.8, 4) is 5.88 Å². The van der Waals surface area contributed by atoms with Gasteiger partial charge in [0.15, 0.2) is 0 Å². The molecule has 6 nitrogen and oxygen atoms in total. The predicted octanol–water partition coefficient (Wildman–Crippen LogP) is 2.65. The largest absolute Gasteiger partial charge is 0.481 e. The highest BCUT2D eigenvalue weighted by Gasteiger charge is 2.50. The van der Waals surface area contributed by atoms with Gasteiger partial charge in [0.2, 0.25) is 11.8 Å². The molecule has 1 N–H and O–H groups in total. The van der Waals surface area contributed by atoms with Crippen molar-refractivity contribution in [3.63, 3.8) is 0 Å². The van der Waals surface area contributed by atoms with Gasteiger partial charge in [-0.25, -0.2) is 4.98 Å². The van der Waals surface area contributed by atoms with E-state index in [-0.39, 0.29) is 23.1 Å². The summed E-state index contributed by atoms with van der Waals surface area (Å²) in [5.41, 5.74) is 2.31. The van der Waals surface area contributed by atoms with Crippen LogP contribution in [0.1, 0.15) is 67.6 Å². The van der Waals surface area contributed by atoms with E-state index in [1.165, 1.54) is 12.8 Å². The molecule has 0 spiro atoms. The lowest BCUT2D eigenvalue weighted by Crippen LogP contribution is -2.33. The van der Waals surface area contributed by atoms with E-state index in [1.807, 2.05) is 11.0 Å². The SMILES string of the molecule is COc1nc2c(cc1CNC(=O)[C@@H]1CC1(C)C)C(=O)N(C1CCCC1)C2. The Morgan fingerprint density at radius 1 is 1.38 bits per heavy atom. The van der Waals surface area contributed by atoms with Crippen LogP contribution in [0.25, 0.3) is 0 Å². The third-order valence-electron chi connectivity index (χ3n) is 6.19. The van der Waals surface area contributed by atoms with Crippen LogP contribution >= 0.6 is 0 Å². The molecule has 6 heteroatoms.